The van der Waals surface area contributed by atoms with Crippen molar-refractivity contribution in [2.45, 2.75) is 82.3 Å². The lowest BCUT2D eigenvalue weighted by Gasteiger charge is -2.26. The van der Waals surface area contributed by atoms with Gasteiger partial charge >= 0.3 is 12.1 Å². The molecule has 0 spiro atoms. The van der Waals surface area contributed by atoms with Crippen LogP contribution in [0.4, 0.5) is 15.0 Å². The largest absolute Gasteiger partial charge is 0.450 e. The Labute approximate surface area is 246 Å². The number of pyridine rings is 1. The molecule has 224 valence electrons. The molecule has 1 aromatic heterocycles. The fraction of sp³-hybridized carbons (Fsp3) is 0.387. The van der Waals surface area contributed by atoms with Crippen molar-refractivity contribution in [3.05, 3.63) is 89.4 Å². The van der Waals surface area contributed by atoms with Crippen LogP contribution in [0.1, 0.15) is 76.7 Å². The molecule has 1 aliphatic rings. The van der Waals surface area contributed by atoms with Gasteiger partial charge in [-0.3, -0.25) is 0 Å². The van der Waals surface area contributed by atoms with Crippen molar-refractivity contribution in [3.63, 3.8) is 0 Å². The van der Waals surface area contributed by atoms with Crippen molar-refractivity contribution in [3.8, 4) is 0 Å². The number of halogens is 1. The normalized spacial score (nSPS) is 15.0. The monoisotopic (exact) mass is 597 g/mol. The van der Waals surface area contributed by atoms with Crippen LogP contribution in [-0.2, 0) is 36.2 Å². The van der Waals surface area contributed by atoms with E-state index in [-0.39, 0.29) is 28.2 Å². The van der Waals surface area contributed by atoms with E-state index in [9.17, 15) is 22.4 Å². The summed E-state index contributed by atoms with van der Waals surface area (Å²) < 4.78 is 48.3. The van der Waals surface area contributed by atoms with E-state index in [1.165, 1.54) is 23.8 Å². The predicted octanol–water partition coefficient (Wildman–Crippen LogP) is 6.14. The minimum Gasteiger partial charge on any atom is -0.441 e. The second-order valence-electron chi connectivity index (χ2n) is 11.4. The molecule has 2 aromatic carbocycles. The van der Waals surface area contributed by atoms with Crippen LogP contribution in [0.15, 0.2) is 71.6 Å². The summed E-state index contributed by atoms with van der Waals surface area (Å²) in [5, 5.41) is 0.636. The first-order chi connectivity index (χ1) is 19.7. The molecule has 9 nitrogen and oxygen atoms in total. The second kappa shape index (κ2) is 12.2. The molecule has 1 atom stereocenters. The first kappa shape index (κ1) is 31.1. The number of anilines is 1. The number of rotatable bonds is 9. The average Bonchev–Trinajstić information content (AvgIpc) is 3.72. The Morgan fingerprint density at radius 1 is 1.05 bits per heavy atom. The molecule has 1 saturated carbocycles. The zero-order chi connectivity index (χ0) is 30.7. The number of carbonyl (C=O) groups excluding carboxylic acids is 2. The van der Waals surface area contributed by atoms with Crippen molar-refractivity contribution in [2.75, 3.05) is 5.06 Å². The number of amides is 1. The fourth-order valence-corrected chi connectivity index (χ4v) is 5.87. The minimum atomic E-state index is -4.11. The van der Waals surface area contributed by atoms with E-state index < -0.39 is 39.5 Å². The van der Waals surface area contributed by atoms with Crippen LogP contribution in [0, 0.1) is 5.82 Å². The van der Waals surface area contributed by atoms with Gasteiger partial charge in [0, 0.05) is 6.92 Å². The maximum atomic E-state index is 13.5. The smallest absolute Gasteiger partial charge is 0.441 e. The first-order valence-electron chi connectivity index (χ1n) is 13.8. The Hall–Kier alpha value is -3.83. The van der Waals surface area contributed by atoms with Crippen LogP contribution in [0.2, 0.25) is 0 Å². The van der Waals surface area contributed by atoms with Crippen LogP contribution in [0.5, 0.6) is 0 Å². The van der Waals surface area contributed by atoms with Crippen molar-refractivity contribution < 1.29 is 32.0 Å². The third kappa shape index (κ3) is 7.71. The summed E-state index contributed by atoms with van der Waals surface area (Å²) in [6, 6.07) is 16.3. The van der Waals surface area contributed by atoms with E-state index in [4.69, 9.17) is 9.57 Å². The van der Waals surface area contributed by atoms with Crippen molar-refractivity contribution in [1.82, 2.24) is 9.71 Å². The molecule has 4 rings (SSSR count). The summed E-state index contributed by atoms with van der Waals surface area (Å²) in [5.41, 5.74) is 1.71. The minimum absolute atomic E-state index is 0.0723. The first-order valence-corrected chi connectivity index (χ1v) is 15.3. The van der Waals surface area contributed by atoms with Gasteiger partial charge < -0.3 is 9.57 Å². The standard InChI is InChI=1S/C31H36FN3O6S/c1-6-31(18-19-31)23-12-10-22(11-13-23)20-27(34-42(38,39)25-16-14-24(32)15-17-25)26-8-7-9-28(33-26)35(41-21(2)36)29(37)40-30(3,4)5/h7-17,27,34H,6,18-20H2,1-5H3. The molecular weight excluding hydrogens is 561 g/mol. The number of nitrogens with one attached hydrogen (secondary N) is 1. The predicted molar refractivity (Wildman–Crippen MR) is 156 cm³/mol. The van der Waals surface area contributed by atoms with Crippen LogP contribution in [0.3, 0.4) is 0 Å². The maximum absolute atomic E-state index is 13.5. The van der Waals surface area contributed by atoms with Gasteiger partial charge in [0.1, 0.15) is 11.4 Å². The van der Waals surface area contributed by atoms with E-state index in [1.807, 2.05) is 12.1 Å². The molecule has 1 N–H and O–H groups in total. The van der Waals surface area contributed by atoms with Crippen molar-refractivity contribution in [1.29, 1.82) is 0 Å². The molecule has 1 heterocycles. The lowest BCUT2D eigenvalue weighted by atomic mass is 9.91. The van der Waals surface area contributed by atoms with Gasteiger partial charge in [0.15, 0.2) is 5.82 Å². The van der Waals surface area contributed by atoms with Crippen LogP contribution in [-0.4, -0.2) is 31.1 Å². The van der Waals surface area contributed by atoms with E-state index in [1.54, 1.807) is 32.9 Å². The van der Waals surface area contributed by atoms with Gasteiger partial charge in [0.2, 0.25) is 10.0 Å². The average molecular weight is 598 g/mol. The Morgan fingerprint density at radius 2 is 1.69 bits per heavy atom. The lowest BCUT2D eigenvalue weighted by molar-refractivity contribution is -0.142. The van der Waals surface area contributed by atoms with Gasteiger partial charge in [-0.1, -0.05) is 42.3 Å². The molecule has 3 aromatic rings. The summed E-state index contributed by atoms with van der Waals surface area (Å²) in [4.78, 5) is 34.2. The number of hydrogen-bond acceptors (Lipinski definition) is 7. The van der Waals surface area contributed by atoms with E-state index in [0.717, 1.165) is 43.9 Å². The zero-order valence-electron chi connectivity index (χ0n) is 24.4. The Balaban J connectivity index is 1.70. The number of ether oxygens (including phenoxy) is 1. The Morgan fingerprint density at radius 3 is 2.24 bits per heavy atom. The van der Waals surface area contributed by atoms with Gasteiger partial charge in [-0.05, 0) is 99.4 Å². The molecule has 1 aliphatic carbocycles. The molecule has 0 radical (unpaired) electrons. The number of nitrogens with zero attached hydrogens (tertiary/aromatic N) is 2. The lowest BCUT2D eigenvalue weighted by Crippen LogP contribution is -2.39. The molecule has 11 heteroatoms. The third-order valence-corrected chi connectivity index (χ3v) is 8.55. The van der Waals surface area contributed by atoms with Gasteiger partial charge in [-0.15, -0.1) is 0 Å². The highest BCUT2D eigenvalue weighted by Crippen LogP contribution is 2.50. The highest BCUT2D eigenvalue weighted by molar-refractivity contribution is 7.89. The van der Waals surface area contributed by atoms with Crippen molar-refractivity contribution in [2.24, 2.45) is 0 Å². The molecule has 0 aliphatic heterocycles. The quantitative estimate of drug-likeness (QED) is 0.295. The summed E-state index contributed by atoms with van der Waals surface area (Å²) in [7, 11) is -4.11. The Kier molecular flexibility index (Phi) is 9.03. The second-order valence-corrected chi connectivity index (χ2v) is 13.2. The number of aromatic nitrogens is 1. The Bertz CT molecular complexity index is 1530. The third-order valence-electron chi connectivity index (χ3n) is 7.06. The summed E-state index contributed by atoms with van der Waals surface area (Å²) in [5.74, 6) is -1.41. The van der Waals surface area contributed by atoms with Crippen LogP contribution < -0.4 is 9.79 Å². The number of benzene rings is 2. The molecular formula is C31H36FN3O6S. The summed E-state index contributed by atoms with van der Waals surface area (Å²) in [6.07, 6.45) is 2.61. The maximum Gasteiger partial charge on any atom is 0.450 e. The molecule has 0 saturated heterocycles. The van der Waals surface area contributed by atoms with Crippen LogP contribution >= 0.6 is 0 Å². The fourth-order valence-electron chi connectivity index (χ4n) is 4.66. The van der Waals surface area contributed by atoms with E-state index >= 15 is 0 Å². The van der Waals surface area contributed by atoms with Crippen LogP contribution in [0.25, 0.3) is 0 Å². The topological polar surface area (TPSA) is 115 Å². The number of hydroxylamine groups is 1. The zero-order valence-corrected chi connectivity index (χ0v) is 25.2. The molecule has 42 heavy (non-hydrogen) atoms. The highest BCUT2D eigenvalue weighted by atomic mass is 32.2. The molecule has 1 amide bonds. The molecule has 1 unspecified atom stereocenters. The number of carbonyl (C=O) groups is 2. The van der Waals surface area contributed by atoms with Gasteiger partial charge in [-0.25, -0.2) is 32.1 Å². The number of sulfonamides is 1. The van der Waals surface area contributed by atoms with E-state index in [0.29, 0.717) is 5.06 Å². The molecule has 1 fully saturated rings. The SMILES string of the molecule is CCC1(c2ccc(CC(NS(=O)(=O)c3ccc(F)cc3)c3cccc(N(OC(C)=O)C(=O)OC(C)(C)C)n3)cc2)CC1. The van der Waals surface area contributed by atoms with E-state index in [2.05, 4.69) is 28.8 Å². The van der Waals surface area contributed by atoms with Gasteiger partial charge in [-0.2, -0.15) is 0 Å². The van der Waals surface area contributed by atoms with Gasteiger partial charge in [0.05, 0.1) is 16.6 Å². The summed E-state index contributed by atoms with van der Waals surface area (Å²) >= 11 is 0. The highest BCUT2D eigenvalue weighted by Gasteiger charge is 2.42. The van der Waals surface area contributed by atoms with Gasteiger partial charge in [0.25, 0.3) is 0 Å². The molecule has 0 bridgehead atoms. The number of hydrogen-bond donors (Lipinski definition) is 1. The summed E-state index contributed by atoms with van der Waals surface area (Å²) in [6.45, 7) is 8.30. The van der Waals surface area contributed by atoms with Crippen molar-refractivity contribution >= 4 is 27.9 Å².